The molecule has 0 saturated carbocycles. The van der Waals surface area contributed by atoms with Gasteiger partial charge in [-0.3, -0.25) is 0 Å². The van der Waals surface area contributed by atoms with Crippen LogP contribution in [0, 0.1) is 4.91 Å². The SMILES string of the molecule is CC(O)CCCCCCCCN[N+](=O)C1CCCC=CC1O. The molecule has 0 amide bonds. The molecule has 0 spiro atoms. The van der Waals surface area contributed by atoms with E-state index in [1.165, 1.54) is 19.3 Å². The van der Waals surface area contributed by atoms with Crippen molar-refractivity contribution >= 4 is 0 Å². The molecule has 22 heavy (non-hydrogen) atoms. The number of hydrogen-bond donors (Lipinski definition) is 3. The van der Waals surface area contributed by atoms with Gasteiger partial charge in [0.05, 0.1) is 17.6 Å². The van der Waals surface area contributed by atoms with Crippen molar-refractivity contribution in [3.63, 3.8) is 0 Å². The number of hydrazine groups is 1. The average Bonchev–Trinajstić information content (AvgIpc) is 2.69. The first-order chi connectivity index (χ1) is 10.6. The third kappa shape index (κ3) is 8.49. The lowest BCUT2D eigenvalue weighted by Crippen LogP contribution is -2.42. The van der Waals surface area contributed by atoms with Crippen LogP contribution >= 0.6 is 0 Å². The van der Waals surface area contributed by atoms with Crippen molar-refractivity contribution in [3.8, 4) is 0 Å². The minimum Gasteiger partial charge on any atom is -0.393 e. The van der Waals surface area contributed by atoms with E-state index >= 15 is 0 Å². The van der Waals surface area contributed by atoms with Gasteiger partial charge in [-0.05, 0) is 32.6 Å². The van der Waals surface area contributed by atoms with Crippen molar-refractivity contribution in [3.05, 3.63) is 17.1 Å². The van der Waals surface area contributed by atoms with Crippen LogP contribution in [-0.2, 0) is 0 Å². The van der Waals surface area contributed by atoms with E-state index in [0.717, 1.165) is 49.8 Å². The van der Waals surface area contributed by atoms with Gasteiger partial charge in [0.15, 0.2) is 0 Å². The summed E-state index contributed by atoms with van der Waals surface area (Å²) >= 11 is 0. The fraction of sp³-hybridized carbons (Fsp3) is 0.882. The average molecular weight is 313 g/mol. The van der Waals surface area contributed by atoms with Gasteiger partial charge in [-0.1, -0.05) is 44.3 Å². The number of nitroso groups, excluding NO2 is 1. The number of rotatable bonds is 11. The van der Waals surface area contributed by atoms with Gasteiger partial charge in [0.25, 0.3) is 6.04 Å². The Morgan fingerprint density at radius 2 is 1.91 bits per heavy atom. The maximum Gasteiger partial charge on any atom is 0.263 e. The van der Waals surface area contributed by atoms with Crippen LogP contribution in [0.25, 0.3) is 0 Å². The Hall–Kier alpha value is -0.940. The van der Waals surface area contributed by atoms with E-state index in [-0.39, 0.29) is 12.1 Å². The first kappa shape index (κ1) is 19.1. The summed E-state index contributed by atoms with van der Waals surface area (Å²) in [7, 11) is 0. The fourth-order valence-corrected chi connectivity index (χ4v) is 2.81. The lowest BCUT2D eigenvalue weighted by molar-refractivity contribution is -0.647. The summed E-state index contributed by atoms with van der Waals surface area (Å²) in [4.78, 5) is 12.8. The number of hydrogen-bond acceptors (Lipinski definition) is 3. The van der Waals surface area contributed by atoms with Crippen LogP contribution in [0.5, 0.6) is 0 Å². The molecule has 1 rings (SSSR count). The molecule has 1 aliphatic carbocycles. The highest BCUT2D eigenvalue weighted by Crippen LogP contribution is 2.14. The summed E-state index contributed by atoms with van der Waals surface area (Å²) < 4.78 is 0. The second-order valence-electron chi connectivity index (χ2n) is 6.41. The molecule has 0 saturated heterocycles. The zero-order valence-corrected chi connectivity index (χ0v) is 13.9. The van der Waals surface area contributed by atoms with Crippen molar-refractivity contribution in [1.82, 2.24) is 5.43 Å². The van der Waals surface area contributed by atoms with Crippen LogP contribution in [0.3, 0.4) is 0 Å². The third-order valence-corrected chi connectivity index (χ3v) is 4.22. The van der Waals surface area contributed by atoms with Crippen LogP contribution in [0.2, 0.25) is 0 Å². The molecule has 3 atom stereocenters. The van der Waals surface area contributed by atoms with Crippen molar-refractivity contribution < 1.29 is 15.1 Å². The van der Waals surface area contributed by atoms with Crippen LogP contribution in [0.4, 0.5) is 0 Å². The molecule has 0 aromatic heterocycles. The number of allylic oxidation sites excluding steroid dienone is 1. The number of aliphatic hydroxyl groups excluding tert-OH is 2. The number of nitrogens with zero attached hydrogens (tertiary/aromatic N) is 1. The Morgan fingerprint density at radius 3 is 2.64 bits per heavy atom. The van der Waals surface area contributed by atoms with E-state index in [9.17, 15) is 10.0 Å². The summed E-state index contributed by atoms with van der Waals surface area (Å²) in [6.07, 6.45) is 13.1. The van der Waals surface area contributed by atoms with Crippen LogP contribution < -0.4 is 5.43 Å². The number of unbranched alkanes of at least 4 members (excludes halogenated alkanes) is 5. The molecule has 0 radical (unpaired) electrons. The smallest absolute Gasteiger partial charge is 0.263 e. The van der Waals surface area contributed by atoms with Gasteiger partial charge in [0.2, 0.25) is 0 Å². The first-order valence-corrected chi connectivity index (χ1v) is 8.84. The van der Waals surface area contributed by atoms with E-state index in [1.807, 2.05) is 13.0 Å². The predicted molar refractivity (Wildman–Crippen MR) is 88.4 cm³/mol. The van der Waals surface area contributed by atoms with E-state index < -0.39 is 6.10 Å². The number of nitrogens with one attached hydrogen (secondary N) is 1. The van der Waals surface area contributed by atoms with Crippen molar-refractivity contribution in [2.24, 2.45) is 0 Å². The van der Waals surface area contributed by atoms with Gasteiger partial charge >= 0.3 is 0 Å². The van der Waals surface area contributed by atoms with Crippen LogP contribution in [0.1, 0.15) is 71.1 Å². The Labute approximate surface area is 134 Å². The molecule has 0 aliphatic heterocycles. The maximum atomic E-state index is 12.0. The number of aliphatic hydroxyl groups is 2. The summed E-state index contributed by atoms with van der Waals surface area (Å²) in [5, 5.41) is 19.1. The second kappa shape index (κ2) is 11.6. The fourth-order valence-electron chi connectivity index (χ4n) is 2.81. The third-order valence-electron chi connectivity index (χ3n) is 4.22. The molecular formula is C17H33N2O3+. The Kier molecular flexibility index (Phi) is 10.1. The summed E-state index contributed by atoms with van der Waals surface area (Å²) in [6, 6.07) is -0.362. The minimum absolute atomic E-state index is 0.179. The van der Waals surface area contributed by atoms with Crippen LogP contribution in [0.15, 0.2) is 12.2 Å². The molecule has 128 valence electrons. The minimum atomic E-state index is -0.665. The van der Waals surface area contributed by atoms with Gasteiger partial charge < -0.3 is 10.2 Å². The highest BCUT2D eigenvalue weighted by molar-refractivity contribution is 4.95. The molecule has 0 bridgehead atoms. The standard InChI is InChI=1S/C17H33N2O3/c1-15(20)11-7-4-2-3-5-10-14-18-19(22)16-12-8-6-9-13-17(16)21/h9,13,15-17,20-21H,2-8,10-12,14H2,1H3,(H,18,22)/q+1. The van der Waals surface area contributed by atoms with Crippen molar-refractivity contribution in [2.45, 2.75) is 89.4 Å². The molecule has 5 heteroatoms. The highest BCUT2D eigenvalue weighted by Gasteiger charge is 2.32. The summed E-state index contributed by atoms with van der Waals surface area (Å²) in [5.74, 6) is 0. The summed E-state index contributed by atoms with van der Waals surface area (Å²) in [5.41, 5.74) is 2.88. The maximum absolute atomic E-state index is 12.0. The Morgan fingerprint density at radius 1 is 1.23 bits per heavy atom. The Bertz CT molecular complexity index is 332. The van der Waals surface area contributed by atoms with E-state index in [1.54, 1.807) is 6.08 Å². The molecule has 0 aromatic rings. The van der Waals surface area contributed by atoms with Gasteiger partial charge in [-0.2, -0.15) is 5.43 Å². The van der Waals surface area contributed by atoms with Crippen molar-refractivity contribution in [1.29, 1.82) is 0 Å². The molecular weight excluding hydrogens is 280 g/mol. The molecule has 1 aliphatic rings. The van der Waals surface area contributed by atoms with Gasteiger partial charge in [-0.15, -0.1) is 0 Å². The molecule has 0 fully saturated rings. The molecule has 3 unspecified atom stereocenters. The quantitative estimate of drug-likeness (QED) is 0.237. The van der Waals surface area contributed by atoms with E-state index in [4.69, 9.17) is 5.11 Å². The molecule has 0 heterocycles. The predicted octanol–water partition coefficient (Wildman–Crippen LogP) is 2.85. The Balaban J connectivity index is 2.00. The van der Waals surface area contributed by atoms with Gasteiger partial charge in [0, 0.05) is 6.42 Å². The molecule has 3 N–H and O–H groups in total. The molecule has 5 nitrogen and oxygen atoms in total. The monoisotopic (exact) mass is 313 g/mol. The van der Waals surface area contributed by atoms with Gasteiger partial charge in [-0.25, -0.2) is 0 Å². The van der Waals surface area contributed by atoms with Crippen molar-refractivity contribution in [2.75, 3.05) is 6.54 Å². The highest BCUT2D eigenvalue weighted by atomic mass is 16.3. The normalized spacial score (nSPS) is 23.0. The second-order valence-corrected chi connectivity index (χ2v) is 6.41. The zero-order chi connectivity index (χ0) is 16.2. The zero-order valence-electron chi connectivity index (χ0n) is 13.9. The molecule has 0 aromatic carbocycles. The summed E-state index contributed by atoms with van der Waals surface area (Å²) in [6.45, 7) is 2.51. The van der Waals surface area contributed by atoms with E-state index in [0.29, 0.717) is 6.54 Å². The van der Waals surface area contributed by atoms with Crippen LogP contribution in [-0.4, -0.2) is 39.9 Å². The topological polar surface area (TPSA) is 72.6 Å². The van der Waals surface area contributed by atoms with E-state index in [2.05, 4.69) is 5.43 Å². The lowest BCUT2D eigenvalue weighted by atomic mass is 10.1. The first-order valence-electron chi connectivity index (χ1n) is 8.84. The lowest BCUT2D eigenvalue weighted by Gasteiger charge is -2.10. The largest absolute Gasteiger partial charge is 0.393 e. The van der Waals surface area contributed by atoms with Gasteiger partial charge in [0.1, 0.15) is 11.0 Å².